The third-order valence-electron chi connectivity index (χ3n) is 3.59. The predicted molar refractivity (Wildman–Crippen MR) is 93.4 cm³/mol. The Labute approximate surface area is 144 Å². The van der Waals surface area contributed by atoms with E-state index >= 15 is 0 Å². The van der Waals surface area contributed by atoms with E-state index in [0.29, 0.717) is 18.7 Å². The Hall–Kier alpha value is -3.34. The molecule has 0 aliphatic heterocycles. The zero-order valence-corrected chi connectivity index (χ0v) is 13.5. The zero-order valence-electron chi connectivity index (χ0n) is 13.5. The van der Waals surface area contributed by atoms with Crippen molar-refractivity contribution >= 4 is 5.91 Å². The maximum Gasteiger partial charge on any atom is 0.335 e. The van der Waals surface area contributed by atoms with Gasteiger partial charge in [0.1, 0.15) is 18.6 Å². The number of carbonyl (C=O) groups excluding carboxylic acids is 1. The van der Waals surface area contributed by atoms with Crippen molar-refractivity contribution in [1.82, 2.24) is 5.32 Å². The molecule has 0 radical (unpaired) electrons. The first kappa shape index (κ1) is 16.5. The molecule has 0 aliphatic carbocycles. The molecule has 0 atom stereocenters. The van der Waals surface area contributed by atoms with Crippen LogP contribution in [0.1, 0.15) is 21.5 Å². The summed E-state index contributed by atoms with van der Waals surface area (Å²) in [5.41, 5.74) is 1.87. The van der Waals surface area contributed by atoms with Crippen LogP contribution in [0.25, 0.3) is 0 Å². The molecule has 3 rings (SSSR count). The highest BCUT2D eigenvalue weighted by atomic mass is 16.5. The number of ether oxygens (including phenoxy) is 1. The van der Waals surface area contributed by atoms with Gasteiger partial charge in [-0.3, -0.25) is 4.79 Å². The Morgan fingerprint density at radius 2 is 1.68 bits per heavy atom. The van der Waals surface area contributed by atoms with Gasteiger partial charge in [-0.1, -0.05) is 42.5 Å². The lowest BCUT2D eigenvalue weighted by Gasteiger charge is -2.08. The van der Waals surface area contributed by atoms with Crippen LogP contribution in [-0.2, 0) is 13.2 Å². The Kier molecular flexibility index (Phi) is 5.26. The van der Waals surface area contributed by atoms with Crippen molar-refractivity contribution in [3.8, 4) is 5.75 Å². The minimum absolute atomic E-state index is 0.298. The fourth-order valence-electron chi connectivity index (χ4n) is 2.22. The highest BCUT2D eigenvalue weighted by Crippen LogP contribution is 2.14. The van der Waals surface area contributed by atoms with Crippen LogP contribution in [0.3, 0.4) is 0 Å². The summed E-state index contributed by atoms with van der Waals surface area (Å²) in [5, 5.41) is 2.77. The summed E-state index contributed by atoms with van der Waals surface area (Å²) in [4.78, 5) is 22.8. The Balaban J connectivity index is 1.51. The van der Waals surface area contributed by atoms with Gasteiger partial charge in [0, 0.05) is 12.6 Å². The van der Waals surface area contributed by atoms with E-state index in [9.17, 15) is 9.59 Å². The third-order valence-corrected chi connectivity index (χ3v) is 3.59. The molecule has 3 aromatic rings. The quantitative estimate of drug-likeness (QED) is 0.751. The second-order valence-electron chi connectivity index (χ2n) is 5.44. The van der Waals surface area contributed by atoms with Gasteiger partial charge in [-0.2, -0.15) is 0 Å². The second-order valence-corrected chi connectivity index (χ2v) is 5.44. The van der Waals surface area contributed by atoms with Crippen LogP contribution in [0.2, 0.25) is 0 Å². The predicted octanol–water partition coefficient (Wildman–Crippen LogP) is 3.15. The van der Waals surface area contributed by atoms with Gasteiger partial charge in [0.25, 0.3) is 5.91 Å². The van der Waals surface area contributed by atoms with Gasteiger partial charge < -0.3 is 14.5 Å². The molecule has 5 heteroatoms. The molecular formula is C20H17NO4. The van der Waals surface area contributed by atoms with Gasteiger partial charge in [0.05, 0.1) is 5.56 Å². The Bertz CT molecular complexity index is 865. The normalized spacial score (nSPS) is 10.2. The average Bonchev–Trinajstić information content (AvgIpc) is 2.67. The lowest BCUT2D eigenvalue weighted by Crippen LogP contribution is -2.23. The summed E-state index contributed by atoms with van der Waals surface area (Å²) in [6.45, 7) is 0.882. The molecule has 25 heavy (non-hydrogen) atoms. The molecular weight excluding hydrogens is 318 g/mol. The smallest absolute Gasteiger partial charge is 0.335 e. The van der Waals surface area contributed by atoms with E-state index in [1.54, 1.807) is 0 Å². The molecule has 0 fully saturated rings. The van der Waals surface area contributed by atoms with Crippen LogP contribution in [0, 0.1) is 0 Å². The van der Waals surface area contributed by atoms with Crippen LogP contribution >= 0.6 is 0 Å². The molecule has 0 spiro atoms. The number of hydrogen-bond acceptors (Lipinski definition) is 4. The molecule has 126 valence electrons. The average molecular weight is 335 g/mol. The lowest BCUT2D eigenvalue weighted by atomic mass is 10.2. The first-order valence-corrected chi connectivity index (χ1v) is 7.83. The number of benzene rings is 2. The van der Waals surface area contributed by atoms with E-state index in [4.69, 9.17) is 4.74 Å². The van der Waals surface area contributed by atoms with Crippen molar-refractivity contribution in [3.05, 3.63) is 100 Å². The van der Waals surface area contributed by atoms with Gasteiger partial charge in [-0.05, 0) is 29.3 Å². The molecule has 2 aromatic carbocycles. The first-order chi connectivity index (χ1) is 12.2. The van der Waals surface area contributed by atoms with Crippen molar-refractivity contribution in [1.29, 1.82) is 0 Å². The van der Waals surface area contributed by atoms with E-state index in [1.165, 1.54) is 12.1 Å². The van der Waals surface area contributed by atoms with Gasteiger partial charge >= 0.3 is 5.63 Å². The number of nitrogens with one attached hydrogen (secondary N) is 1. The summed E-state index contributed by atoms with van der Waals surface area (Å²) in [7, 11) is 0. The van der Waals surface area contributed by atoms with E-state index in [1.807, 2.05) is 54.6 Å². The number of hydrogen-bond donors (Lipinski definition) is 1. The summed E-state index contributed by atoms with van der Waals surface area (Å²) in [6.07, 6.45) is 1.15. The molecule has 0 saturated carbocycles. The van der Waals surface area contributed by atoms with Gasteiger partial charge in [0.2, 0.25) is 0 Å². The van der Waals surface area contributed by atoms with Gasteiger partial charge in [0.15, 0.2) is 0 Å². The Morgan fingerprint density at radius 3 is 2.36 bits per heavy atom. The van der Waals surface area contributed by atoms with Crippen molar-refractivity contribution in [2.75, 3.05) is 0 Å². The molecule has 0 bridgehead atoms. The van der Waals surface area contributed by atoms with Crippen LogP contribution in [-0.4, -0.2) is 5.91 Å². The largest absolute Gasteiger partial charge is 0.489 e. The Morgan fingerprint density at radius 1 is 0.920 bits per heavy atom. The highest BCUT2D eigenvalue weighted by Gasteiger charge is 2.06. The van der Waals surface area contributed by atoms with Crippen LogP contribution in [0.5, 0.6) is 5.75 Å². The summed E-state index contributed by atoms with van der Waals surface area (Å²) < 4.78 is 10.4. The first-order valence-electron chi connectivity index (χ1n) is 7.83. The fourth-order valence-corrected chi connectivity index (χ4v) is 2.22. The molecule has 1 N–H and O–H groups in total. The van der Waals surface area contributed by atoms with E-state index in [0.717, 1.165) is 23.1 Å². The minimum atomic E-state index is -0.484. The molecule has 1 aromatic heterocycles. The van der Waals surface area contributed by atoms with E-state index in [-0.39, 0.29) is 5.91 Å². The van der Waals surface area contributed by atoms with E-state index < -0.39 is 5.63 Å². The number of amides is 1. The summed E-state index contributed by atoms with van der Waals surface area (Å²) >= 11 is 0. The van der Waals surface area contributed by atoms with Crippen molar-refractivity contribution < 1.29 is 13.9 Å². The zero-order chi connectivity index (χ0) is 17.5. The van der Waals surface area contributed by atoms with Crippen LogP contribution < -0.4 is 15.7 Å². The van der Waals surface area contributed by atoms with Crippen LogP contribution in [0.15, 0.2) is 82.2 Å². The molecule has 0 aliphatic rings. The standard InChI is InChI=1S/C20H17NO4/c22-19-11-8-17(14-25-19)20(23)21-12-15-6-9-18(10-7-15)24-13-16-4-2-1-3-5-16/h1-11,14H,12-13H2,(H,21,23). The van der Waals surface area contributed by atoms with Crippen molar-refractivity contribution in [2.24, 2.45) is 0 Å². The monoisotopic (exact) mass is 335 g/mol. The minimum Gasteiger partial charge on any atom is -0.489 e. The topological polar surface area (TPSA) is 68.5 Å². The molecule has 0 saturated heterocycles. The number of rotatable bonds is 6. The number of carbonyl (C=O) groups is 1. The fraction of sp³-hybridized carbons (Fsp3) is 0.100. The SMILES string of the molecule is O=C(NCc1ccc(OCc2ccccc2)cc1)c1ccc(=O)oc1. The van der Waals surface area contributed by atoms with Gasteiger partial charge in [-0.15, -0.1) is 0 Å². The van der Waals surface area contributed by atoms with Gasteiger partial charge in [-0.25, -0.2) is 4.79 Å². The highest BCUT2D eigenvalue weighted by molar-refractivity contribution is 5.93. The molecule has 1 heterocycles. The molecule has 0 unspecified atom stereocenters. The summed E-state index contributed by atoms with van der Waals surface area (Å²) in [6, 6.07) is 20.1. The molecule has 5 nitrogen and oxygen atoms in total. The van der Waals surface area contributed by atoms with Crippen molar-refractivity contribution in [2.45, 2.75) is 13.2 Å². The summed E-state index contributed by atoms with van der Waals surface area (Å²) in [5.74, 6) is 0.469. The van der Waals surface area contributed by atoms with Crippen LogP contribution in [0.4, 0.5) is 0 Å². The third kappa shape index (κ3) is 4.81. The molecule has 1 amide bonds. The maximum absolute atomic E-state index is 12.0. The van der Waals surface area contributed by atoms with Crippen molar-refractivity contribution in [3.63, 3.8) is 0 Å². The maximum atomic E-state index is 12.0. The lowest BCUT2D eigenvalue weighted by molar-refractivity contribution is 0.0948. The van der Waals surface area contributed by atoms with E-state index in [2.05, 4.69) is 9.73 Å². The second kappa shape index (κ2) is 7.97.